The Morgan fingerprint density at radius 3 is 2.55 bits per heavy atom. The van der Waals surface area contributed by atoms with Gasteiger partial charge < -0.3 is 4.90 Å². The minimum absolute atomic E-state index is 0.0562. The molecule has 0 aliphatic carbocycles. The third-order valence-electron chi connectivity index (χ3n) is 4.14. The maximum atomic E-state index is 12.7. The monoisotopic (exact) mass is 317 g/mol. The molecule has 1 fully saturated rings. The van der Waals surface area contributed by atoms with Gasteiger partial charge in [-0.3, -0.25) is 0 Å². The predicted octanol–water partition coefficient (Wildman–Crippen LogP) is 1.72. The second-order valence-electron chi connectivity index (χ2n) is 5.74. The molecule has 1 aliphatic rings. The fourth-order valence-electron chi connectivity index (χ4n) is 2.74. The van der Waals surface area contributed by atoms with E-state index in [1.54, 1.807) is 7.05 Å². The van der Waals surface area contributed by atoms with Crippen LogP contribution in [0.5, 0.6) is 0 Å². The summed E-state index contributed by atoms with van der Waals surface area (Å²) >= 11 is 1.26. The first-order valence-electron chi connectivity index (χ1n) is 6.84. The molecule has 1 saturated heterocycles. The number of hydrogen-bond donors (Lipinski definition) is 0. The van der Waals surface area contributed by atoms with Gasteiger partial charge in [-0.2, -0.15) is 4.31 Å². The Hall–Kier alpha value is -0.500. The number of likely N-dealkylation sites (tertiary alicyclic amines) is 1. The molecule has 0 spiro atoms. The second kappa shape index (κ2) is 5.71. The van der Waals surface area contributed by atoms with Crippen molar-refractivity contribution >= 4 is 21.4 Å². The molecule has 2 atom stereocenters. The largest absolute Gasteiger partial charge is 0.306 e. The van der Waals surface area contributed by atoms with Crippen molar-refractivity contribution < 1.29 is 8.42 Å². The lowest BCUT2D eigenvalue weighted by molar-refractivity contribution is 0.139. The van der Waals surface area contributed by atoms with E-state index in [0.717, 1.165) is 30.1 Å². The van der Waals surface area contributed by atoms with Crippen molar-refractivity contribution in [2.24, 2.45) is 5.92 Å². The van der Waals surface area contributed by atoms with Gasteiger partial charge in [0.15, 0.2) is 0 Å². The summed E-state index contributed by atoms with van der Waals surface area (Å²) in [5.74, 6) is 0.329. The van der Waals surface area contributed by atoms with Gasteiger partial charge >= 0.3 is 0 Å². The lowest BCUT2D eigenvalue weighted by Gasteiger charge is -2.38. The van der Waals surface area contributed by atoms with E-state index in [1.807, 2.05) is 13.8 Å². The Labute approximate surface area is 125 Å². The normalized spacial score (nSPS) is 25.3. The lowest BCUT2D eigenvalue weighted by atomic mass is 9.94. The summed E-state index contributed by atoms with van der Waals surface area (Å²) in [6.07, 6.45) is 0.872. The quantitative estimate of drug-likeness (QED) is 0.852. The highest BCUT2D eigenvalue weighted by molar-refractivity contribution is 7.91. The minimum Gasteiger partial charge on any atom is -0.306 e. The van der Waals surface area contributed by atoms with Gasteiger partial charge in [0, 0.05) is 24.5 Å². The van der Waals surface area contributed by atoms with E-state index in [1.165, 1.54) is 15.6 Å². The van der Waals surface area contributed by atoms with Crippen LogP contribution in [0.3, 0.4) is 0 Å². The number of nitrogens with zero attached hydrogens (tertiary/aromatic N) is 3. The average molecular weight is 317 g/mol. The maximum Gasteiger partial charge on any atom is 0.270 e. The fourth-order valence-corrected chi connectivity index (χ4v) is 5.69. The molecule has 0 amide bonds. The third kappa shape index (κ3) is 2.90. The van der Waals surface area contributed by atoms with Crippen LogP contribution in [-0.2, 0) is 10.0 Å². The number of sulfonamides is 1. The number of hydrogen-bond acceptors (Lipinski definition) is 5. The summed E-state index contributed by atoms with van der Waals surface area (Å²) < 4.78 is 27.1. The predicted molar refractivity (Wildman–Crippen MR) is 81.6 cm³/mol. The van der Waals surface area contributed by atoms with Crippen molar-refractivity contribution in [2.45, 2.75) is 37.6 Å². The van der Waals surface area contributed by atoms with Crippen molar-refractivity contribution in [3.63, 3.8) is 0 Å². The summed E-state index contributed by atoms with van der Waals surface area (Å²) in [6.45, 7) is 7.74. The SMILES string of the molecule is Cc1nc(S(=O)(=O)N(C)C2CCN(C)CC2C)sc1C. The zero-order valence-electron chi connectivity index (χ0n) is 12.8. The summed E-state index contributed by atoms with van der Waals surface area (Å²) in [5.41, 5.74) is 0.804. The molecule has 0 aromatic carbocycles. The van der Waals surface area contributed by atoms with Gasteiger partial charge in [-0.1, -0.05) is 6.92 Å². The van der Waals surface area contributed by atoms with E-state index < -0.39 is 10.0 Å². The van der Waals surface area contributed by atoms with Crippen molar-refractivity contribution in [2.75, 3.05) is 27.2 Å². The van der Waals surface area contributed by atoms with E-state index in [0.29, 0.717) is 5.92 Å². The molecule has 1 aromatic rings. The van der Waals surface area contributed by atoms with Crippen LogP contribution < -0.4 is 0 Å². The van der Waals surface area contributed by atoms with E-state index in [4.69, 9.17) is 0 Å². The van der Waals surface area contributed by atoms with Crippen LogP contribution in [0.25, 0.3) is 0 Å². The van der Waals surface area contributed by atoms with Gasteiger partial charge in [-0.15, -0.1) is 11.3 Å². The zero-order valence-corrected chi connectivity index (χ0v) is 14.4. The molecule has 0 radical (unpaired) electrons. The van der Waals surface area contributed by atoms with Gasteiger partial charge in [0.25, 0.3) is 10.0 Å². The number of thiazole rings is 1. The van der Waals surface area contributed by atoms with Crippen molar-refractivity contribution in [3.05, 3.63) is 10.6 Å². The minimum atomic E-state index is -3.47. The van der Waals surface area contributed by atoms with E-state index in [2.05, 4.69) is 23.9 Å². The van der Waals surface area contributed by atoms with Crippen LogP contribution in [-0.4, -0.2) is 55.8 Å². The van der Waals surface area contributed by atoms with Gasteiger partial charge in [0.05, 0.1) is 5.69 Å². The molecule has 0 N–H and O–H groups in total. The summed E-state index contributed by atoms with van der Waals surface area (Å²) in [5, 5.41) is 0. The van der Waals surface area contributed by atoms with Crippen molar-refractivity contribution in [1.29, 1.82) is 0 Å². The number of aromatic nitrogens is 1. The van der Waals surface area contributed by atoms with E-state index in [-0.39, 0.29) is 10.4 Å². The van der Waals surface area contributed by atoms with Crippen LogP contribution in [0.4, 0.5) is 0 Å². The number of piperidine rings is 1. The van der Waals surface area contributed by atoms with E-state index >= 15 is 0 Å². The van der Waals surface area contributed by atoms with Gasteiger partial charge in [-0.25, -0.2) is 13.4 Å². The first-order valence-corrected chi connectivity index (χ1v) is 9.09. The van der Waals surface area contributed by atoms with Crippen molar-refractivity contribution in [3.8, 4) is 0 Å². The Kier molecular flexibility index (Phi) is 4.53. The molecule has 5 nitrogen and oxygen atoms in total. The van der Waals surface area contributed by atoms with Crippen molar-refractivity contribution in [1.82, 2.24) is 14.2 Å². The van der Waals surface area contributed by atoms with E-state index in [9.17, 15) is 8.42 Å². The Morgan fingerprint density at radius 1 is 1.40 bits per heavy atom. The summed E-state index contributed by atoms with van der Waals surface area (Å²) in [7, 11) is 0.298. The second-order valence-corrected chi connectivity index (χ2v) is 9.11. The number of rotatable bonds is 3. The molecular weight excluding hydrogens is 294 g/mol. The van der Waals surface area contributed by atoms with Gasteiger partial charge in [0.2, 0.25) is 4.34 Å². The molecule has 2 unspecified atom stereocenters. The van der Waals surface area contributed by atoms with Crippen LogP contribution in [0.1, 0.15) is 23.9 Å². The molecule has 2 rings (SSSR count). The molecule has 20 heavy (non-hydrogen) atoms. The maximum absolute atomic E-state index is 12.7. The average Bonchev–Trinajstić information content (AvgIpc) is 2.69. The summed E-state index contributed by atoms with van der Waals surface area (Å²) in [4.78, 5) is 7.43. The Bertz CT molecular complexity index is 563. The highest BCUT2D eigenvalue weighted by Crippen LogP contribution is 2.28. The highest BCUT2D eigenvalue weighted by Gasteiger charge is 2.36. The molecule has 0 bridgehead atoms. The molecule has 1 aromatic heterocycles. The molecule has 7 heteroatoms. The standard InChI is InChI=1S/C13H23N3O2S2/c1-9-8-15(4)7-6-12(9)16(5)20(17,18)13-14-10(2)11(3)19-13/h9,12H,6-8H2,1-5H3. The molecular formula is C13H23N3O2S2. The fraction of sp³-hybridized carbons (Fsp3) is 0.769. The molecule has 114 valence electrons. The molecule has 0 saturated carbocycles. The van der Waals surface area contributed by atoms with Crippen LogP contribution in [0.2, 0.25) is 0 Å². The Morgan fingerprint density at radius 2 is 2.05 bits per heavy atom. The van der Waals surface area contributed by atoms with Gasteiger partial charge in [-0.05, 0) is 39.8 Å². The first-order chi connectivity index (χ1) is 9.23. The van der Waals surface area contributed by atoms with Gasteiger partial charge in [0.1, 0.15) is 0 Å². The zero-order chi connectivity index (χ0) is 15.1. The highest BCUT2D eigenvalue weighted by atomic mass is 32.2. The van der Waals surface area contributed by atoms with Crippen LogP contribution in [0, 0.1) is 19.8 Å². The summed E-state index contributed by atoms with van der Waals surface area (Å²) in [6, 6.07) is 0.0562. The Balaban J connectivity index is 2.25. The lowest BCUT2D eigenvalue weighted by Crippen LogP contribution is -2.49. The first kappa shape index (κ1) is 15.9. The third-order valence-corrected chi connectivity index (χ3v) is 7.45. The molecule has 2 heterocycles. The topological polar surface area (TPSA) is 53.5 Å². The number of aryl methyl sites for hydroxylation is 2. The molecule has 1 aliphatic heterocycles. The smallest absolute Gasteiger partial charge is 0.270 e. The van der Waals surface area contributed by atoms with Crippen LogP contribution >= 0.6 is 11.3 Å². The van der Waals surface area contributed by atoms with Crippen LogP contribution in [0.15, 0.2) is 4.34 Å².